The fraction of sp³-hybridized carbons (Fsp3) is 0.435. The Morgan fingerprint density at radius 1 is 1.17 bits per heavy atom. The zero-order valence-electron chi connectivity index (χ0n) is 19.8. The SMILES string of the molecule is CC(C)(C)OC(=O)N1CCN(C(=O)OCc2ccccc2)CC1CN(c1cccnc1Cl)S(=O)O. The van der Waals surface area contributed by atoms with E-state index >= 15 is 0 Å². The number of piperazine rings is 1. The van der Waals surface area contributed by atoms with Crippen molar-refractivity contribution in [1.82, 2.24) is 14.8 Å². The van der Waals surface area contributed by atoms with E-state index in [4.69, 9.17) is 21.1 Å². The summed E-state index contributed by atoms with van der Waals surface area (Å²) in [4.78, 5) is 32.6. The molecule has 2 heterocycles. The number of halogens is 1. The Morgan fingerprint density at radius 2 is 1.89 bits per heavy atom. The number of carbonyl (C=O) groups is 2. The van der Waals surface area contributed by atoms with E-state index in [1.807, 2.05) is 30.3 Å². The molecule has 10 nitrogen and oxygen atoms in total. The highest BCUT2D eigenvalue weighted by atomic mass is 35.5. The molecule has 1 aliphatic rings. The van der Waals surface area contributed by atoms with Gasteiger partial charge in [-0.2, -0.15) is 0 Å². The van der Waals surface area contributed by atoms with Crippen LogP contribution in [-0.2, 0) is 27.3 Å². The van der Waals surface area contributed by atoms with Gasteiger partial charge in [-0.1, -0.05) is 41.9 Å². The van der Waals surface area contributed by atoms with Gasteiger partial charge in [0.15, 0.2) is 5.15 Å². The van der Waals surface area contributed by atoms with Crippen molar-refractivity contribution in [3.05, 3.63) is 59.4 Å². The highest BCUT2D eigenvalue weighted by molar-refractivity contribution is 7.80. The third kappa shape index (κ3) is 7.55. The van der Waals surface area contributed by atoms with Crippen LogP contribution >= 0.6 is 11.6 Å². The number of nitrogens with zero attached hydrogens (tertiary/aromatic N) is 4. The predicted octanol–water partition coefficient (Wildman–Crippen LogP) is 3.94. The number of amides is 2. The number of ether oxygens (including phenoxy) is 2. The molecule has 2 atom stereocenters. The third-order valence-corrected chi connectivity index (χ3v) is 6.16. The van der Waals surface area contributed by atoms with Gasteiger partial charge in [-0.05, 0) is 38.5 Å². The van der Waals surface area contributed by atoms with Crippen LogP contribution in [0.5, 0.6) is 0 Å². The fourth-order valence-corrected chi connectivity index (χ4v) is 4.44. The molecule has 0 radical (unpaired) electrons. The monoisotopic (exact) mass is 524 g/mol. The molecule has 12 heteroatoms. The summed E-state index contributed by atoms with van der Waals surface area (Å²) >= 11 is 3.69. The largest absolute Gasteiger partial charge is 0.445 e. The van der Waals surface area contributed by atoms with Gasteiger partial charge in [0.1, 0.15) is 12.2 Å². The second-order valence-electron chi connectivity index (χ2n) is 8.92. The molecule has 1 N–H and O–H groups in total. The maximum atomic E-state index is 12.9. The van der Waals surface area contributed by atoms with Crippen LogP contribution in [0.3, 0.4) is 0 Å². The average molecular weight is 525 g/mol. The maximum Gasteiger partial charge on any atom is 0.410 e. The zero-order chi connectivity index (χ0) is 25.6. The molecule has 190 valence electrons. The minimum atomic E-state index is -2.47. The van der Waals surface area contributed by atoms with E-state index in [2.05, 4.69) is 4.98 Å². The van der Waals surface area contributed by atoms with Crippen molar-refractivity contribution < 1.29 is 27.8 Å². The average Bonchev–Trinajstić information content (AvgIpc) is 2.81. The number of rotatable bonds is 6. The second kappa shape index (κ2) is 11.7. The molecule has 1 fully saturated rings. The van der Waals surface area contributed by atoms with Gasteiger partial charge in [-0.25, -0.2) is 18.8 Å². The molecule has 0 aliphatic carbocycles. The van der Waals surface area contributed by atoms with Crippen LogP contribution in [0.2, 0.25) is 5.15 Å². The lowest BCUT2D eigenvalue weighted by molar-refractivity contribution is -0.00162. The van der Waals surface area contributed by atoms with Gasteiger partial charge in [-0.3, -0.25) is 13.8 Å². The Hall–Kier alpha value is -2.89. The Bertz CT molecular complexity index is 1050. The Morgan fingerprint density at radius 3 is 2.51 bits per heavy atom. The molecular formula is C23H29ClN4O6S. The molecule has 1 aromatic carbocycles. The van der Waals surface area contributed by atoms with E-state index in [0.29, 0.717) is 0 Å². The summed E-state index contributed by atoms with van der Waals surface area (Å²) in [5.74, 6) is 0. The van der Waals surface area contributed by atoms with Crippen molar-refractivity contribution in [2.75, 3.05) is 30.5 Å². The first-order chi connectivity index (χ1) is 16.5. The Labute approximate surface area is 212 Å². The molecule has 2 amide bonds. The lowest BCUT2D eigenvalue weighted by Gasteiger charge is -2.42. The molecule has 2 unspecified atom stereocenters. The molecule has 35 heavy (non-hydrogen) atoms. The van der Waals surface area contributed by atoms with Crippen LogP contribution in [0.1, 0.15) is 26.3 Å². The van der Waals surface area contributed by atoms with E-state index in [1.54, 1.807) is 32.9 Å². The number of anilines is 1. The van der Waals surface area contributed by atoms with Crippen molar-refractivity contribution in [3.63, 3.8) is 0 Å². The van der Waals surface area contributed by atoms with Crippen LogP contribution in [0.4, 0.5) is 15.3 Å². The molecule has 2 aromatic rings. The molecule has 3 rings (SSSR count). The Kier molecular flexibility index (Phi) is 8.92. The van der Waals surface area contributed by atoms with Gasteiger partial charge in [0, 0.05) is 25.8 Å². The number of hydrogen-bond acceptors (Lipinski definition) is 6. The smallest absolute Gasteiger partial charge is 0.410 e. The van der Waals surface area contributed by atoms with E-state index in [0.717, 1.165) is 9.87 Å². The number of aromatic nitrogens is 1. The molecule has 1 aliphatic heterocycles. The Balaban J connectivity index is 1.79. The highest BCUT2D eigenvalue weighted by Crippen LogP contribution is 2.26. The summed E-state index contributed by atoms with van der Waals surface area (Å²) in [5, 5.41) is 0.0358. The molecule has 1 aromatic heterocycles. The van der Waals surface area contributed by atoms with E-state index < -0.39 is 35.1 Å². The van der Waals surface area contributed by atoms with E-state index in [-0.39, 0.29) is 43.6 Å². The van der Waals surface area contributed by atoms with E-state index in [1.165, 1.54) is 16.0 Å². The number of hydrogen-bond donors (Lipinski definition) is 1. The number of benzene rings is 1. The molecule has 0 spiro atoms. The highest BCUT2D eigenvalue weighted by Gasteiger charge is 2.37. The first-order valence-corrected chi connectivity index (χ1v) is 12.4. The summed E-state index contributed by atoms with van der Waals surface area (Å²) in [6.45, 7) is 5.71. The van der Waals surface area contributed by atoms with Crippen molar-refractivity contribution >= 4 is 40.7 Å². The van der Waals surface area contributed by atoms with Gasteiger partial charge in [0.2, 0.25) is 0 Å². The second-order valence-corrected chi connectivity index (χ2v) is 10.2. The minimum Gasteiger partial charge on any atom is -0.445 e. The fourth-order valence-electron chi connectivity index (χ4n) is 3.55. The van der Waals surface area contributed by atoms with Crippen molar-refractivity contribution in [2.24, 2.45) is 0 Å². The van der Waals surface area contributed by atoms with Crippen molar-refractivity contribution in [3.8, 4) is 0 Å². The predicted molar refractivity (Wildman–Crippen MR) is 132 cm³/mol. The van der Waals surface area contributed by atoms with E-state index in [9.17, 15) is 18.4 Å². The van der Waals surface area contributed by atoms with Crippen LogP contribution in [-0.4, -0.2) is 73.6 Å². The van der Waals surface area contributed by atoms with Gasteiger partial charge in [0.25, 0.3) is 11.3 Å². The number of pyridine rings is 1. The van der Waals surface area contributed by atoms with Gasteiger partial charge >= 0.3 is 12.2 Å². The molecule has 0 saturated carbocycles. The summed E-state index contributed by atoms with van der Waals surface area (Å²) < 4.78 is 34.3. The van der Waals surface area contributed by atoms with Crippen LogP contribution in [0, 0.1) is 0 Å². The van der Waals surface area contributed by atoms with Gasteiger partial charge < -0.3 is 14.4 Å². The van der Waals surface area contributed by atoms with Gasteiger partial charge in [-0.15, -0.1) is 0 Å². The summed E-state index contributed by atoms with van der Waals surface area (Å²) in [5.41, 5.74) is 0.334. The summed E-state index contributed by atoms with van der Waals surface area (Å²) in [6.07, 6.45) is 0.335. The molecule has 1 saturated heterocycles. The topological polar surface area (TPSA) is 113 Å². The summed E-state index contributed by atoms with van der Waals surface area (Å²) in [6, 6.07) is 11.7. The van der Waals surface area contributed by atoms with Crippen molar-refractivity contribution in [2.45, 2.75) is 39.0 Å². The quantitative estimate of drug-likeness (QED) is 0.450. The molecule has 0 bridgehead atoms. The number of carbonyl (C=O) groups excluding carboxylic acids is 2. The van der Waals surface area contributed by atoms with Crippen LogP contribution < -0.4 is 4.31 Å². The third-order valence-electron chi connectivity index (χ3n) is 5.15. The maximum absolute atomic E-state index is 12.9. The van der Waals surface area contributed by atoms with Gasteiger partial charge in [0.05, 0.1) is 18.3 Å². The molecular weight excluding hydrogens is 496 g/mol. The normalized spacial score (nSPS) is 17.0. The zero-order valence-corrected chi connectivity index (χ0v) is 21.4. The summed E-state index contributed by atoms with van der Waals surface area (Å²) in [7, 11) is 0. The standard InChI is InChI=1S/C23H29ClN4O6S/c1-23(2,3)34-22(30)27-13-12-26(21(29)33-16-17-8-5-4-6-9-17)14-18(27)15-28(35(31)32)19-10-7-11-25-20(19)24/h4-11,18H,12-16H2,1-3H3,(H,31,32). The first-order valence-electron chi connectivity index (χ1n) is 11.0. The minimum absolute atomic E-state index is 0.0358. The first kappa shape index (κ1) is 26.7. The lowest BCUT2D eigenvalue weighted by Crippen LogP contribution is -2.60. The van der Waals surface area contributed by atoms with Crippen LogP contribution in [0.15, 0.2) is 48.7 Å². The lowest BCUT2D eigenvalue weighted by atomic mass is 10.1. The van der Waals surface area contributed by atoms with Crippen LogP contribution in [0.25, 0.3) is 0 Å². The van der Waals surface area contributed by atoms with Crippen molar-refractivity contribution in [1.29, 1.82) is 0 Å².